The molecule has 1 amide bonds. The quantitative estimate of drug-likeness (QED) is 0.240. The number of benzene rings is 2. The van der Waals surface area contributed by atoms with Crippen LogP contribution in [0, 0.1) is 5.92 Å². The van der Waals surface area contributed by atoms with Gasteiger partial charge in [0, 0.05) is 41.1 Å². The van der Waals surface area contributed by atoms with E-state index in [-0.39, 0.29) is 6.54 Å². The highest BCUT2D eigenvalue weighted by Crippen LogP contribution is 2.43. The van der Waals surface area contributed by atoms with Gasteiger partial charge < -0.3 is 18.9 Å². The molecule has 176 valence electrons. The minimum Gasteiger partial charge on any atom is -0.497 e. The van der Waals surface area contributed by atoms with E-state index in [9.17, 15) is 14.4 Å². The molecule has 1 aliphatic heterocycles. The Bertz CT molecular complexity index is 1190. The second-order valence-electron chi connectivity index (χ2n) is 7.92. The molecule has 1 saturated heterocycles. The van der Waals surface area contributed by atoms with Crippen molar-refractivity contribution in [3.05, 3.63) is 76.8 Å². The van der Waals surface area contributed by atoms with E-state index in [0.29, 0.717) is 35.6 Å². The number of aryl methyl sites for hydroxylation is 1. The highest BCUT2D eigenvalue weighted by molar-refractivity contribution is 9.10. The number of aromatic nitrogens is 2. The lowest BCUT2D eigenvalue weighted by molar-refractivity contribution is -0.140. The number of methoxy groups -OCH3 is 2. The fourth-order valence-electron chi connectivity index (χ4n) is 4.28. The number of nitrogens with zero attached hydrogens (tertiary/aromatic N) is 3. The Balaban J connectivity index is 1.74. The van der Waals surface area contributed by atoms with E-state index in [4.69, 9.17) is 9.47 Å². The molecular weight excluding hydrogens is 502 g/mol. The highest BCUT2D eigenvalue weighted by atomic mass is 79.9. The number of imidazole rings is 1. The van der Waals surface area contributed by atoms with Gasteiger partial charge in [0.25, 0.3) is 5.91 Å². The maximum Gasteiger partial charge on any atom is 0.291 e. The summed E-state index contributed by atoms with van der Waals surface area (Å²) in [5.74, 6) is -1.97. The van der Waals surface area contributed by atoms with Crippen molar-refractivity contribution < 1.29 is 23.9 Å². The maximum atomic E-state index is 13.6. The predicted octanol–water partition coefficient (Wildman–Crippen LogP) is 3.70. The number of Topliss-reactive ketones (excluding diaryl/α,β-unsaturated/α-hetero) is 2. The number of ketones is 2. The van der Waals surface area contributed by atoms with Crippen molar-refractivity contribution in [1.29, 1.82) is 0 Å². The van der Waals surface area contributed by atoms with Crippen molar-refractivity contribution in [2.75, 3.05) is 20.8 Å². The Morgan fingerprint density at radius 3 is 2.47 bits per heavy atom. The summed E-state index contributed by atoms with van der Waals surface area (Å²) in [4.78, 5) is 45.5. The number of likely N-dealkylation sites (tertiary alicyclic amines) is 1. The van der Waals surface area contributed by atoms with E-state index < -0.39 is 29.4 Å². The second-order valence-corrected chi connectivity index (χ2v) is 8.83. The Morgan fingerprint density at radius 1 is 1.06 bits per heavy atom. The summed E-state index contributed by atoms with van der Waals surface area (Å²) in [5, 5.41) is 0. The predicted molar refractivity (Wildman–Crippen MR) is 128 cm³/mol. The van der Waals surface area contributed by atoms with Gasteiger partial charge in [0.15, 0.2) is 5.78 Å². The number of carbonyl (C=O) groups is 3. The molecule has 3 aromatic rings. The molecule has 0 bridgehead atoms. The van der Waals surface area contributed by atoms with Crippen LogP contribution in [-0.2, 0) is 16.1 Å². The zero-order chi connectivity index (χ0) is 24.2. The molecule has 1 aromatic heterocycles. The summed E-state index contributed by atoms with van der Waals surface area (Å²) in [7, 11) is 3.04. The van der Waals surface area contributed by atoms with Crippen molar-refractivity contribution in [3.8, 4) is 11.5 Å². The molecule has 2 atom stereocenters. The van der Waals surface area contributed by atoms with Gasteiger partial charge in [0.2, 0.25) is 5.78 Å². The summed E-state index contributed by atoms with van der Waals surface area (Å²) in [6.07, 6.45) is 5.79. The van der Waals surface area contributed by atoms with Gasteiger partial charge in [0.1, 0.15) is 17.4 Å². The molecule has 2 unspecified atom stereocenters. The van der Waals surface area contributed by atoms with Gasteiger partial charge in [-0.15, -0.1) is 0 Å². The van der Waals surface area contributed by atoms with Crippen LogP contribution in [0.15, 0.2) is 65.7 Å². The minimum absolute atomic E-state index is 0.290. The van der Waals surface area contributed by atoms with Crippen LogP contribution in [0.4, 0.5) is 0 Å². The fourth-order valence-corrected chi connectivity index (χ4v) is 4.55. The first-order valence-electron chi connectivity index (χ1n) is 10.8. The fraction of sp³-hybridized carbons (Fsp3) is 0.280. The van der Waals surface area contributed by atoms with Crippen LogP contribution >= 0.6 is 15.9 Å². The summed E-state index contributed by atoms with van der Waals surface area (Å²) < 4.78 is 13.6. The molecule has 0 aliphatic carbocycles. The molecule has 8 nitrogen and oxygen atoms in total. The molecular formula is C25H24BrN3O5. The third-order valence-corrected chi connectivity index (χ3v) is 6.48. The van der Waals surface area contributed by atoms with E-state index in [1.165, 1.54) is 19.1 Å². The molecule has 2 aromatic carbocycles. The standard InChI is InChI=1S/C25H24BrN3O5/c1-33-18-8-9-20(34-2)19(14-18)22-21(23(30)16-4-6-17(26)7-5-16)24(31)25(32)29(22)12-3-11-28-13-10-27-15-28/h4-10,13-15,21-22H,3,11-12H2,1-2H3. The SMILES string of the molecule is COc1ccc(OC)c(C2C(C(=O)c3ccc(Br)cc3)C(=O)C(=O)N2CCCn2ccnc2)c1. The third kappa shape index (κ3) is 4.61. The molecule has 4 rings (SSSR count). The number of hydrogen-bond donors (Lipinski definition) is 0. The van der Waals surface area contributed by atoms with Crippen LogP contribution in [0.1, 0.15) is 28.4 Å². The first kappa shape index (κ1) is 23.7. The summed E-state index contributed by atoms with van der Waals surface area (Å²) in [6.45, 7) is 0.906. The molecule has 9 heteroatoms. The second kappa shape index (κ2) is 10.2. The Labute approximate surface area is 205 Å². The molecule has 1 aliphatic rings. The van der Waals surface area contributed by atoms with Crippen molar-refractivity contribution in [2.45, 2.75) is 19.0 Å². The van der Waals surface area contributed by atoms with Crippen LogP contribution in [0.25, 0.3) is 0 Å². The third-order valence-electron chi connectivity index (χ3n) is 5.95. The average molecular weight is 526 g/mol. The summed E-state index contributed by atoms with van der Waals surface area (Å²) in [5.41, 5.74) is 0.917. The van der Waals surface area contributed by atoms with E-state index in [0.717, 1.165) is 4.47 Å². The summed E-state index contributed by atoms with van der Waals surface area (Å²) in [6, 6.07) is 11.1. The van der Waals surface area contributed by atoms with Crippen LogP contribution in [-0.4, -0.2) is 52.7 Å². The largest absolute Gasteiger partial charge is 0.497 e. The van der Waals surface area contributed by atoms with E-state index >= 15 is 0 Å². The highest BCUT2D eigenvalue weighted by Gasteiger charge is 2.52. The molecule has 0 spiro atoms. The minimum atomic E-state index is -1.19. The maximum absolute atomic E-state index is 13.6. The average Bonchev–Trinajstić information content (AvgIpc) is 3.46. The normalized spacial score (nSPS) is 17.8. The number of rotatable bonds is 9. The zero-order valence-corrected chi connectivity index (χ0v) is 20.4. The van der Waals surface area contributed by atoms with Gasteiger partial charge >= 0.3 is 0 Å². The summed E-state index contributed by atoms with van der Waals surface area (Å²) >= 11 is 3.36. The number of carbonyl (C=O) groups excluding carboxylic acids is 3. The Morgan fingerprint density at radius 2 is 1.82 bits per heavy atom. The molecule has 0 N–H and O–H groups in total. The first-order valence-corrected chi connectivity index (χ1v) is 11.6. The Kier molecular flexibility index (Phi) is 7.12. The lowest BCUT2D eigenvalue weighted by atomic mass is 9.86. The smallest absolute Gasteiger partial charge is 0.291 e. The van der Waals surface area contributed by atoms with Gasteiger partial charge in [-0.3, -0.25) is 14.4 Å². The van der Waals surface area contributed by atoms with Crippen molar-refractivity contribution >= 4 is 33.4 Å². The number of hydrogen-bond acceptors (Lipinski definition) is 6. The van der Waals surface area contributed by atoms with Crippen molar-refractivity contribution in [1.82, 2.24) is 14.5 Å². The van der Waals surface area contributed by atoms with Gasteiger partial charge in [0.05, 0.1) is 26.6 Å². The zero-order valence-electron chi connectivity index (χ0n) is 18.8. The van der Waals surface area contributed by atoms with Gasteiger partial charge in [-0.2, -0.15) is 0 Å². The van der Waals surface area contributed by atoms with Gasteiger partial charge in [-0.25, -0.2) is 4.98 Å². The molecule has 0 radical (unpaired) electrons. The number of halogens is 1. The van der Waals surface area contributed by atoms with E-state index in [1.54, 1.807) is 55.0 Å². The van der Waals surface area contributed by atoms with Gasteiger partial charge in [-0.1, -0.05) is 28.1 Å². The van der Waals surface area contributed by atoms with Crippen LogP contribution in [0.3, 0.4) is 0 Å². The first-order chi connectivity index (χ1) is 16.4. The lowest BCUT2D eigenvalue weighted by Gasteiger charge is -2.28. The number of amides is 1. The van der Waals surface area contributed by atoms with Crippen molar-refractivity contribution in [2.24, 2.45) is 5.92 Å². The van der Waals surface area contributed by atoms with Gasteiger partial charge in [-0.05, 0) is 36.8 Å². The van der Waals surface area contributed by atoms with Crippen LogP contribution < -0.4 is 9.47 Å². The topological polar surface area (TPSA) is 90.7 Å². The van der Waals surface area contributed by atoms with E-state index in [2.05, 4.69) is 20.9 Å². The molecule has 0 saturated carbocycles. The van der Waals surface area contributed by atoms with E-state index in [1.807, 2.05) is 10.8 Å². The molecule has 2 heterocycles. The monoisotopic (exact) mass is 525 g/mol. The van der Waals surface area contributed by atoms with Crippen LogP contribution in [0.5, 0.6) is 11.5 Å². The number of ether oxygens (including phenoxy) is 2. The Hall–Kier alpha value is -3.46. The molecule has 1 fully saturated rings. The molecule has 34 heavy (non-hydrogen) atoms. The van der Waals surface area contributed by atoms with Crippen molar-refractivity contribution in [3.63, 3.8) is 0 Å². The van der Waals surface area contributed by atoms with Crippen LogP contribution in [0.2, 0.25) is 0 Å². The lowest BCUT2D eigenvalue weighted by Crippen LogP contribution is -2.32.